The van der Waals surface area contributed by atoms with Crippen LogP contribution in [-0.2, 0) is 0 Å². The highest BCUT2D eigenvalue weighted by atomic mass is 79.9. The first-order valence-corrected chi connectivity index (χ1v) is 5.73. The maximum Gasteiger partial charge on any atom is 0.174 e. The summed E-state index contributed by atoms with van der Waals surface area (Å²) in [6.45, 7) is 1.92. The second-order valence-corrected chi connectivity index (χ2v) is 4.31. The molecule has 0 aliphatic heterocycles. The zero-order valence-electron chi connectivity index (χ0n) is 9.66. The van der Waals surface area contributed by atoms with Crippen molar-refractivity contribution in [2.24, 2.45) is 5.73 Å². The molecule has 0 saturated carbocycles. The van der Waals surface area contributed by atoms with Crippen LogP contribution in [0.15, 0.2) is 22.7 Å². The largest absolute Gasteiger partial charge is 0.493 e. The zero-order chi connectivity index (χ0) is 12.1. The number of nitrogens with two attached hydrogens (primary N) is 1. The van der Waals surface area contributed by atoms with E-state index in [1.54, 1.807) is 14.2 Å². The van der Waals surface area contributed by atoms with Crippen molar-refractivity contribution in [2.45, 2.75) is 13.0 Å². The molecule has 0 heterocycles. The van der Waals surface area contributed by atoms with Crippen LogP contribution in [0.3, 0.4) is 0 Å². The van der Waals surface area contributed by atoms with Gasteiger partial charge in [0.1, 0.15) is 0 Å². The smallest absolute Gasteiger partial charge is 0.174 e. The second kappa shape index (κ2) is 5.92. The van der Waals surface area contributed by atoms with Gasteiger partial charge in [-0.2, -0.15) is 0 Å². The lowest BCUT2D eigenvalue weighted by molar-refractivity contribution is 0.353. The number of benzene rings is 1. The Labute approximate surface area is 104 Å². The molecule has 0 saturated heterocycles. The molecule has 0 aliphatic carbocycles. The standard InChI is InChI=1S/C12H16BrNO2/c1-8(14)4-5-9-6-10(13)12(16-3)11(7-9)15-2/h4-8H,14H2,1-3H3/b5-4+. The summed E-state index contributed by atoms with van der Waals surface area (Å²) in [7, 11) is 3.23. The fourth-order valence-corrected chi connectivity index (χ4v) is 1.92. The highest BCUT2D eigenvalue weighted by Gasteiger charge is 2.09. The fraction of sp³-hybridized carbons (Fsp3) is 0.333. The summed E-state index contributed by atoms with van der Waals surface area (Å²) in [6, 6.07) is 3.90. The van der Waals surface area contributed by atoms with Crippen molar-refractivity contribution in [3.8, 4) is 11.5 Å². The molecule has 4 heteroatoms. The van der Waals surface area contributed by atoms with Crippen LogP contribution in [0, 0.1) is 0 Å². The molecule has 0 aromatic heterocycles. The molecule has 0 fully saturated rings. The monoisotopic (exact) mass is 285 g/mol. The molecule has 1 aromatic carbocycles. The molecule has 1 rings (SSSR count). The van der Waals surface area contributed by atoms with Crippen molar-refractivity contribution in [3.05, 3.63) is 28.2 Å². The highest BCUT2D eigenvalue weighted by Crippen LogP contribution is 2.36. The van der Waals surface area contributed by atoms with Gasteiger partial charge in [-0.05, 0) is 40.5 Å². The Morgan fingerprint density at radius 2 is 2.00 bits per heavy atom. The Kier molecular flexibility index (Phi) is 4.83. The quantitative estimate of drug-likeness (QED) is 0.925. The van der Waals surface area contributed by atoms with Gasteiger partial charge in [0.2, 0.25) is 0 Å². The summed E-state index contributed by atoms with van der Waals surface area (Å²) < 4.78 is 11.3. The topological polar surface area (TPSA) is 44.5 Å². The number of rotatable bonds is 4. The number of halogens is 1. The molecule has 0 radical (unpaired) electrons. The maximum atomic E-state index is 5.65. The fourth-order valence-electron chi connectivity index (χ4n) is 1.30. The van der Waals surface area contributed by atoms with E-state index in [4.69, 9.17) is 15.2 Å². The van der Waals surface area contributed by atoms with Crippen LogP contribution in [0.2, 0.25) is 0 Å². The minimum atomic E-state index is 0.0341. The van der Waals surface area contributed by atoms with Crippen molar-refractivity contribution in [2.75, 3.05) is 14.2 Å². The van der Waals surface area contributed by atoms with E-state index in [0.29, 0.717) is 11.5 Å². The molecular formula is C12H16BrNO2. The molecule has 0 spiro atoms. The minimum Gasteiger partial charge on any atom is -0.493 e. The lowest BCUT2D eigenvalue weighted by atomic mass is 10.1. The van der Waals surface area contributed by atoms with Crippen molar-refractivity contribution in [3.63, 3.8) is 0 Å². The molecule has 88 valence electrons. The Morgan fingerprint density at radius 1 is 1.31 bits per heavy atom. The van der Waals surface area contributed by atoms with Crippen LogP contribution in [0.25, 0.3) is 6.08 Å². The summed E-state index contributed by atoms with van der Waals surface area (Å²) in [4.78, 5) is 0. The van der Waals surface area contributed by atoms with Gasteiger partial charge in [-0.1, -0.05) is 12.2 Å². The van der Waals surface area contributed by atoms with Crippen molar-refractivity contribution >= 4 is 22.0 Å². The summed E-state index contributed by atoms with van der Waals surface area (Å²) in [5.74, 6) is 1.39. The van der Waals surface area contributed by atoms with Gasteiger partial charge in [0.05, 0.1) is 18.7 Å². The molecule has 2 N–H and O–H groups in total. The zero-order valence-corrected chi connectivity index (χ0v) is 11.2. The number of hydrogen-bond donors (Lipinski definition) is 1. The predicted molar refractivity (Wildman–Crippen MR) is 69.9 cm³/mol. The number of hydrogen-bond acceptors (Lipinski definition) is 3. The van der Waals surface area contributed by atoms with Crippen LogP contribution in [0.4, 0.5) is 0 Å². The van der Waals surface area contributed by atoms with E-state index in [0.717, 1.165) is 10.0 Å². The van der Waals surface area contributed by atoms with E-state index < -0.39 is 0 Å². The van der Waals surface area contributed by atoms with E-state index in [1.165, 1.54) is 0 Å². The number of methoxy groups -OCH3 is 2. The third-order valence-corrected chi connectivity index (χ3v) is 2.64. The van der Waals surface area contributed by atoms with Crippen LogP contribution in [0.1, 0.15) is 12.5 Å². The van der Waals surface area contributed by atoms with Gasteiger partial charge >= 0.3 is 0 Å². The first kappa shape index (κ1) is 13.1. The van der Waals surface area contributed by atoms with Crippen LogP contribution in [0.5, 0.6) is 11.5 Å². The van der Waals surface area contributed by atoms with Crippen molar-refractivity contribution in [1.29, 1.82) is 0 Å². The van der Waals surface area contributed by atoms with E-state index >= 15 is 0 Å². The lowest BCUT2D eigenvalue weighted by Gasteiger charge is -2.10. The van der Waals surface area contributed by atoms with Gasteiger partial charge in [0.25, 0.3) is 0 Å². The normalized spacial score (nSPS) is 12.8. The number of ether oxygens (including phenoxy) is 2. The SMILES string of the molecule is COc1cc(/C=C/C(C)N)cc(Br)c1OC. The molecule has 0 bridgehead atoms. The third kappa shape index (κ3) is 3.25. The summed E-state index contributed by atoms with van der Waals surface area (Å²) in [5, 5.41) is 0. The molecular weight excluding hydrogens is 270 g/mol. The van der Waals surface area contributed by atoms with E-state index in [1.807, 2.05) is 31.2 Å². The Morgan fingerprint density at radius 3 is 2.50 bits per heavy atom. The minimum absolute atomic E-state index is 0.0341. The van der Waals surface area contributed by atoms with Gasteiger partial charge in [0.15, 0.2) is 11.5 Å². The van der Waals surface area contributed by atoms with Crippen LogP contribution < -0.4 is 15.2 Å². The van der Waals surface area contributed by atoms with Gasteiger partial charge in [-0.25, -0.2) is 0 Å². The first-order valence-electron chi connectivity index (χ1n) is 4.93. The van der Waals surface area contributed by atoms with E-state index in [9.17, 15) is 0 Å². The summed E-state index contributed by atoms with van der Waals surface area (Å²) in [5.41, 5.74) is 6.67. The van der Waals surface area contributed by atoms with Gasteiger partial charge in [-0.3, -0.25) is 0 Å². The maximum absolute atomic E-state index is 5.65. The van der Waals surface area contributed by atoms with Gasteiger partial charge < -0.3 is 15.2 Å². The predicted octanol–water partition coefficient (Wildman–Crippen LogP) is 2.83. The highest BCUT2D eigenvalue weighted by molar-refractivity contribution is 9.10. The molecule has 3 nitrogen and oxygen atoms in total. The van der Waals surface area contributed by atoms with Crippen molar-refractivity contribution in [1.82, 2.24) is 0 Å². The van der Waals surface area contributed by atoms with Crippen molar-refractivity contribution < 1.29 is 9.47 Å². The molecule has 16 heavy (non-hydrogen) atoms. The second-order valence-electron chi connectivity index (χ2n) is 3.46. The average molecular weight is 286 g/mol. The van der Waals surface area contributed by atoms with Crippen LogP contribution in [-0.4, -0.2) is 20.3 Å². The molecule has 1 aromatic rings. The summed E-state index contributed by atoms with van der Waals surface area (Å²) >= 11 is 3.44. The molecule has 0 amide bonds. The molecule has 1 atom stereocenters. The Balaban J connectivity index is 3.10. The third-order valence-electron chi connectivity index (χ3n) is 2.05. The first-order chi connectivity index (χ1) is 7.58. The lowest BCUT2D eigenvalue weighted by Crippen LogP contribution is -2.09. The molecule has 0 aliphatic rings. The Bertz CT molecular complexity index is 389. The molecule has 1 unspecified atom stereocenters. The van der Waals surface area contributed by atoms with E-state index in [-0.39, 0.29) is 6.04 Å². The van der Waals surface area contributed by atoms with E-state index in [2.05, 4.69) is 15.9 Å². The van der Waals surface area contributed by atoms with Gasteiger partial charge in [0, 0.05) is 6.04 Å². The average Bonchev–Trinajstić information content (AvgIpc) is 2.25. The Hall–Kier alpha value is -1.00. The summed E-state index contributed by atoms with van der Waals surface area (Å²) in [6.07, 6.45) is 3.88. The van der Waals surface area contributed by atoms with Crippen LogP contribution >= 0.6 is 15.9 Å². The van der Waals surface area contributed by atoms with Gasteiger partial charge in [-0.15, -0.1) is 0 Å².